The van der Waals surface area contributed by atoms with Gasteiger partial charge in [-0.15, -0.1) is 0 Å². The van der Waals surface area contributed by atoms with Gasteiger partial charge in [0.25, 0.3) is 5.91 Å². The molecule has 3 aromatic carbocycles. The molecule has 192 valence electrons. The standard InChI is InChI=1S/C30H32N2O5/c1-4-35-21-13-11-20(12-14-21)31-29(33)27-22-9-7-8-10-23(22)30(34)32-16-15-19-17-25(36-5-2)26(37-6-3)18-24(19)28(27)32/h7-14,17-18,27-28H,4-6,15-16H2,1-3H3,(H,31,33)/t27-,28-/m1/s1. The summed E-state index contributed by atoms with van der Waals surface area (Å²) < 4.78 is 17.3. The maximum Gasteiger partial charge on any atom is 0.254 e. The third-order valence-electron chi connectivity index (χ3n) is 6.90. The Kier molecular flexibility index (Phi) is 7.04. The number of benzene rings is 3. The van der Waals surface area contributed by atoms with Gasteiger partial charge in [0.15, 0.2) is 11.5 Å². The van der Waals surface area contributed by atoms with Crippen molar-refractivity contribution in [2.24, 2.45) is 0 Å². The monoisotopic (exact) mass is 500 g/mol. The van der Waals surface area contributed by atoms with E-state index in [9.17, 15) is 9.59 Å². The van der Waals surface area contributed by atoms with Gasteiger partial charge in [-0.05, 0) is 86.3 Å². The van der Waals surface area contributed by atoms with E-state index in [1.807, 2.05) is 86.3 Å². The largest absolute Gasteiger partial charge is 0.494 e. The molecule has 0 aromatic heterocycles. The first kappa shape index (κ1) is 24.7. The van der Waals surface area contributed by atoms with E-state index >= 15 is 0 Å². The zero-order valence-corrected chi connectivity index (χ0v) is 21.5. The lowest BCUT2D eigenvalue weighted by atomic mass is 9.75. The molecule has 5 rings (SSSR count). The zero-order chi connectivity index (χ0) is 25.9. The van der Waals surface area contributed by atoms with Crippen molar-refractivity contribution < 1.29 is 23.8 Å². The summed E-state index contributed by atoms with van der Waals surface area (Å²) in [7, 11) is 0. The van der Waals surface area contributed by atoms with Crippen LogP contribution in [0.15, 0.2) is 60.7 Å². The van der Waals surface area contributed by atoms with Crippen LogP contribution in [0.3, 0.4) is 0 Å². The molecule has 0 bridgehead atoms. The fourth-order valence-corrected chi connectivity index (χ4v) is 5.38. The van der Waals surface area contributed by atoms with Gasteiger partial charge in [0.2, 0.25) is 5.91 Å². The Morgan fingerprint density at radius 2 is 1.57 bits per heavy atom. The Morgan fingerprint density at radius 1 is 0.892 bits per heavy atom. The van der Waals surface area contributed by atoms with E-state index in [2.05, 4.69) is 5.32 Å². The molecular weight excluding hydrogens is 468 g/mol. The molecule has 7 heteroatoms. The van der Waals surface area contributed by atoms with Crippen molar-refractivity contribution in [1.29, 1.82) is 0 Å². The molecule has 1 N–H and O–H groups in total. The van der Waals surface area contributed by atoms with Gasteiger partial charge < -0.3 is 24.4 Å². The lowest BCUT2D eigenvalue weighted by molar-refractivity contribution is -0.119. The van der Waals surface area contributed by atoms with Crippen molar-refractivity contribution in [2.75, 3.05) is 31.7 Å². The van der Waals surface area contributed by atoms with Crippen molar-refractivity contribution in [3.05, 3.63) is 82.9 Å². The summed E-state index contributed by atoms with van der Waals surface area (Å²) in [5, 5.41) is 3.08. The SMILES string of the molecule is CCOc1ccc(NC(=O)[C@@H]2c3ccccc3C(=O)N3CCc4cc(OCC)c(OCC)cc4[C@H]23)cc1. The Morgan fingerprint density at radius 3 is 2.27 bits per heavy atom. The first-order chi connectivity index (χ1) is 18.0. The number of ether oxygens (including phenoxy) is 3. The van der Waals surface area contributed by atoms with Gasteiger partial charge in [-0.3, -0.25) is 9.59 Å². The topological polar surface area (TPSA) is 77.1 Å². The summed E-state index contributed by atoms with van der Waals surface area (Å²) in [5.41, 5.74) is 3.97. The molecule has 3 aromatic rings. The van der Waals surface area contributed by atoms with E-state index in [1.165, 1.54) is 0 Å². The number of fused-ring (bicyclic) bond motifs is 4. The van der Waals surface area contributed by atoms with Crippen LogP contribution in [0, 0.1) is 0 Å². The lowest BCUT2D eigenvalue weighted by Crippen LogP contribution is -2.49. The van der Waals surface area contributed by atoms with Gasteiger partial charge >= 0.3 is 0 Å². The predicted molar refractivity (Wildman–Crippen MR) is 142 cm³/mol. The van der Waals surface area contributed by atoms with Crippen LogP contribution in [-0.2, 0) is 11.2 Å². The number of rotatable bonds is 8. The summed E-state index contributed by atoms with van der Waals surface area (Å²) in [6, 6.07) is 18.3. The third kappa shape index (κ3) is 4.61. The van der Waals surface area contributed by atoms with Crippen molar-refractivity contribution >= 4 is 17.5 Å². The van der Waals surface area contributed by atoms with E-state index in [0.717, 1.165) is 22.4 Å². The van der Waals surface area contributed by atoms with Crippen LogP contribution in [0.5, 0.6) is 17.2 Å². The predicted octanol–water partition coefficient (Wildman–Crippen LogP) is 5.36. The molecule has 37 heavy (non-hydrogen) atoms. The van der Waals surface area contributed by atoms with E-state index in [1.54, 1.807) is 0 Å². The highest BCUT2D eigenvalue weighted by molar-refractivity contribution is 6.04. The Balaban J connectivity index is 1.58. The van der Waals surface area contributed by atoms with Crippen LogP contribution in [0.1, 0.15) is 59.8 Å². The molecule has 0 spiro atoms. The maximum atomic E-state index is 14.0. The minimum absolute atomic E-state index is 0.0526. The molecule has 0 saturated carbocycles. The van der Waals surface area contributed by atoms with E-state index in [0.29, 0.717) is 55.5 Å². The van der Waals surface area contributed by atoms with E-state index in [-0.39, 0.29) is 11.8 Å². The van der Waals surface area contributed by atoms with Crippen molar-refractivity contribution in [3.8, 4) is 17.2 Å². The molecule has 2 aliphatic rings. The molecule has 2 heterocycles. The molecule has 0 fully saturated rings. The smallest absolute Gasteiger partial charge is 0.254 e. The van der Waals surface area contributed by atoms with Crippen molar-refractivity contribution in [1.82, 2.24) is 4.90 Å². The number of hydrogen-bond acceptors (Lipinski definition) is 5. The van der Waals surface area contributed by atoms with Crippen molar-refractivity contribution in [2.45, 2.75) is 39.2 Å². The minimum Gasteiger partial charge on any atom is -0.494 e. The third-order valence-corrected chi connectivity index (χ3v) is 6.90. The molecule has 2 atom stereocenters. The fourth-order valence-electron chi connectivity index (χ4n) is 5.38. The average Bonchev–Trinajstić information content (AvgIpc) is 2.91. The fraction of sp³-hybridized carbons (Fsp3) is 0.333. The number of nitrogens with zero attached hydrogens (tertiary/aromatic N) is 1. The van der Waals surface area contributed by atoms with Crippen LogP contribution in [0.2, 0.25) is 0 Å². The molecule has 7 nitrogen and oxygen atoms in total. The van der Waals surface area contributed by atoms with Crippen LogP contribution < -0.4 is 19.5 Å². The van der Waals surface area contributed by atoms with Crippen molar-refractivity contribution in [3.63, 3.8) is 0 Å². The van der Waals surface area contributed by atoms with Crippen LogP contribution in [0.4, 0.5) is 5.69 Å². The summed E-state index contributed by atoms with van der Waals surface area (Å²) in [5.74, 6) is 1.25. The summed E-state index contributed by atoms with van der Waals surface area (Å²) in [4.78, 5) is 29.4. The molecule has 2 amide bonds. The summed E-state index contributed by atoms with van der Waals surface area (Å²) in [6.07, 6.45) is 0.680. The van der Waals surface area contributed by atoms with Gasteiger partial charge in [-0.1, -0.05) is 18.2 Å². The van der Waals surface area contributed by atoms with Crippen LogP contribution >= 0.6 is 0 Å². The first-order valence-electron chi connectivity index (χ1n) is 12.9. The second-order valence-electron chi connectivity index (χ2n) is 9.07. The quantitative estimate of drug-likeness (QED) is 0.451. The molecule has 0 unspecified atom stereocenters. The highest BCUT2D eigenvalue weighted by atomic mass is 16.5. The number of amides is 2. The molecule has 2 aliphatic heterocycles. The maximum absolute atomic E-state index is 14.0. The normalized spacial score (nSPS) is 17.8. The Labute approximate surface area is 217 Å². The molecular formula is C30H32N2O5. The number of anilines is 1. The van der Waals surface area contributed by atoms with Gasteiger partial charge in [0, 0.05) is 17.8 Å². The van der Waals surface area contributed by atoms with Gasteiger partial charge in [0.05, 0.1) is 31.8 Å². The Bertz CT molecular complexity index is 1300. The van der Waals surface area contributed by atoms with Gasteiger partial charge in [0.1, 0.15) is 5.75 Å². The molecule has 0 saturated heterocycles. The van der Waals surface area contributed by atoms with E-state index in [4.69, 9.17) is 14.2 Å². The minimum atomic E-state index is -0.591. The lowest BCUT2D eigenvalue weighted by Gasteiger charge is -2.45. The zero-order valence-electron chi connectivity index (χ0n) is 21.5. The number of carbonyl (C=O) groups excluding carboxylic acids is 2. The highest BCUT2D eigenvalue weighted by Crippen LogP contribution is 2.48. The number of carbonyl (C=O) groups is 2. The molecule has 0 aliphatic carbocycles. The second-order valence-corrected chi connectivity index (χ2v) is 9.07. The second kappa shape index (κ2) is 10.5. The summed E-state index contributed by atoms with van der Waals surface area (Å²) >= 11 is 0. The average molecular weight is 501 g/mol. The van der Waals surface area contributed by atoms with Crippen LogP contribution in [0.25, 0.3) is 0 Å². The number of hydrogen-bond donors (Lipinski definition) is 1. The first-order valence-corrected chi connectivity index (χ1v) is 12.9. The van der Waals surface area contributed by atoms with Crippen LogP contribution in [-0.4, -0.2) is 43.1 Å². The van der Waals surface area contributed by atoms with Gasteiger partial charge in [-0.25, -0.2) is 0 Å². The van der Waals surface area contributed by atoms with Gasteiger partial charge in [-0.2, -0.15) is 0 Å². The van der Waals surface area contributed by atoms with E-state index < -0.39 is 12.0 Å². The molecule has 0 radical (unpaired) electrons. The Hall–Kier alpha value is -4.00. The summed E-state index contributed by atoms with van der Waals surface area (Å²) in [6.45, 7) is 7.90. The number of nitrogens with one attached hydrogen (secondary N) is 1. The highest BCUT2D eigenvalue weighted by Gasteiger charge is 2.46.